The third-order valence-electron chi connectivity index (χ3n) is 5.21. The van der Waals surface area contributed by atoms with Crippen LogP contribution < -0.4 is 0 Å². The minimum atomic E-state index is 0.182. The second-order valence-electron chi connectivity index (χ2n) is 6.92. The first kappa shape index (κ1) is 14.5. The number of rotatable bonds is 3. The SMILES string of the molecule is Cc1cc(C(=O)N2CCC[C@@H](n3cccn3)C2)c(C)n1C1CC1. The van der Waals surface area contributed by atoms with Crippen molar-refractivity contribution in [2.45, 2.75) is 51.6 Å². The zero-order chi connectivity index (χ0) is 16.0. The predicted octanol–water partition coefficient (Wildman–Crippen LogP) is 3.11. The van der Waals surface area contributed by atoms with Gasteiger partial charge in [-0.05, 0) is 51.7 Å². The fraction of sp³-hybridized carbons (Fsp3) is 0.556. The summed E-state index contributed by atoms with van der Waals surface area (Å²) in [6.07, 6.45) is 8.43. The van der Waals surface area contributed by atoms with Gasteiger partial charge in [0.2, 0.25) is 0 Å². The van der Waals surface area contributed by atoms with E-state index in [9.17, 15) is 4.79 Å². The maximum absolute atomic E-state index is 13.0. The predicted molar refractivity (Wildman–Crippen MR) is 88.6 cm³/mol. The van der Waals surface area contributed by atoms with E-state index in [0.29, 0.717) is 12.1 Å². The Hall–Kier alpha value is -2.04. The first-order chi connectivity index (χ1) is 11.1. The molecule has 0 bridgehead atoms. The van der Waals surface area contributed by atoms with Crippen LogP contribution in [0.2, 0.25) is 0 Å². The van der Waals surface area contributed by atoms with Gasteiger partial charge in [-0.3, -0.25) is 9.48 Å². The van der Waals surface area contributed by atoms with Gasteiger partial charge in [0.05, 0.1) is 11.6 Å². The molecule has 3 heterocycles. The van der Waals surface area contributed by atoms with E-state index in [4.69, 9.17) is 0 Å². The number of hydrogen-bond donors (Lipinski definition) is 0. The molecule has 0 aromatic carbocycles. The van der Waals surface area contributed by atoms with Gasteiger partial charge in [-0.1, -0.05) is 0 Å². The molecular formula is C18H24N4O. The molecule has 5 nitrogen and oxygen atoms in total. The van der Waals surface area contributed by atoms with Crippen molar-refractivity contribution < 1.29 is 4.79 Å². The van der Waals surface area contributed by atoms with Crippen molar-refractivity contribution in [2.75, 3.05) is 13.1 Å². The largest absolute Gasteiger partial charge is 0.345 e. The van der Waals surface area contributed by atoms with Crippen LogP contribution in [0.15, 0.2) is 24.5 Å². The van der Waals surface area contributed by atoms with Crippen LogP contribution in [0.3, 0.4) is 0 Å². The maximum Gasteiger partial charge on any atom is 0.255 e. The molecule has 2 aromatic heterocycles. The number of carbonyl (C=O) groups excluding carboxylic acids is 1. The Balaban J connectivity index is 1.56. The summed E-state index contributed by atoms with van der Waals surface area (Å²) in [5.74, 6) is 0.182. The number of aryl methyl sites for hydroxylation is 1. The summed E-state index contributed by atoms with van der Waals surface area (Å²) < 4.78 is 4.34. The molecule has 1 aliphatic carbocycles. The van der Waals surface area contributed by atoms with Crippen LogP contribution in [0.4, 0.5) is 0 Å². The Morgan fingerprint density at radius 2 is 2.04 bits per heavy atom. The summed E-state index contributed by atoms with van der Waals surface area (Å²) in [5, 5.41) is 4.35. The van der Waals surface area contributed by atoms with Crippen LogP contribution in [0.1, 0.15) is 59.5 Å². The lowest BCUT2D eigenvalue weighted by Gasteiger charge is -2.33. The maximum atomic E-state index is 13.0. The molecular weight excluding hydrogens is 288 g/mol. The minimum Gasteiger partial charge on any atom is -0.345 e. The first-order valence-corrected chi connectivity index (χ1v) is 8.62. The normalized spacial score (nSPS) is 21.7. The van der Waals surface area contributed by atoms with Crippen molar-refractivity contribution in [1.82, 2.24) is 19.2 Å². The molecule has 0 radical (unpaired) electrons. The summed E-state index contributed by atoms with van der Waals surface area (Å²) in [5.41, 5.74) is 3.24. The molecule has 0 unspecified atom stereocenters. The van der Waals surface area contributed by atoms with E-state index in [1.54, 1.807) is 0 Å². The highest BCUT2D eigenvalue weighted by Gasteiger charge is 2.31. The first-order valence-electron chi connectivity index (χ1n) is 8.62. The average molecular weight is 312 g/mol. The molecule has 1 amide bonds. The van der Waals surface area contributed by atoms with Gasteiger partial charge < -0.3 is 9.47 Å². The zero-order valence-electron chi connectivity index (χ0n) is 13.9. The zero-order valence-corrected chi connectivity index (χ0v) is 13.9. The van der Waals surface area contributed by atoms with Gasteiger partial charge in [-0.25, -0.2) is 0 Å². The standard InChI is InChI=1S/C18H24N4O/c1-13-11-17(14(2)22(13)15-6-7-15)18(23)20-9-3-5-16(12-20)21-10-4-8-19-21/h4,8,10-11,15-16H,3,5-7,9,12H2,1-2H3/t16-/m1/s1. The molecule has 0 N–H and O–H groups in total. The van der Waals surface area contributed by atoms with Crippen molar-refractivity contribution in [3.05, 3.63) is 41.5 Å². The number of piperidine rings is 1. The third kappa shape index (κ3) is 2.58. The summed E-state index contributed by atoms with van der Waals surface area (Å²) >= 11 is 0. The van der Waals surface area contributed by atoms with Crippen LogP contribution in [-0.4, -0.2) is 38.2 Å². The molecule has 1 saturated carbocycles. The lowest BCUT2D eigenvalue weighted by molar-refractivity contribution is 0.0672. The van der Waals surface area contributed by atoms with Gasteiger partial charge in [0.15, 0.2) is 0 Å². The van der Waals surface area contributed by atoms with Crippen LogP contribution in [0, 0.1) is 13.8 Å². The fourth-order valence-electron chi connectivity index (χ4n) is 3.91. The molecule has 4 rings (SSSR count). The van der Waals surface area contributed by atoms with E-state index in [0.717, 1.165) is 37.2 Å². The summed E-state index contributed by atoms with van der Waals surface area (Å²) in [6.45, 7) is 5.82. The van der Waals surface area contributed by atoms with Gasteiger partial charge in [0.25, 0.3) is 5.91 Å². The van der Waals surface area contributed by atoms with E-state index >= 15 is 0 Å². The van der Waals surface area contributed by atoms with Crippen molar-refractivity contribution in [2.24, 2.45) is 0 Å². The summed E-state index contributed by atoms with van der Waals surface area (Å²) in [4.78, 5) is 15.0. The molecule has 1 saturated heterocycles. The summed E-state index contributed by atoms with van der Waals surface area (Å²) in [6, 6.07) is 4.95. The molecule has 5 heteroatoms. The lowest BCUT2D eigenvalue weighted by Crippen LogP contribution is -2.41. The van der Waals surface area contributed by atoms with E-state index in [1.807, 2.05) is 28.0 Å². The van der Waals surface area contributed by atoms with Gasteiger partial charge in [-0.15, -0.1) is 0 Å². The van der Waals surface area contributed by atoms with E-state index in [1.165, 1.54) is 18.5 Å². The molecule has 122 valence electrons. The van der Waals surface area contributed by atoms with Gasteiger partial charge in [0, 0.05) is 42.9 Å². The molecule has 2 fully saturated rings. The van der Waals surface area contributed by atoms with E-state index in [-0.39, 0.29) is 5.91 Å². The number of hydrogen-bond acceptors (Lipinski definition) is 2. The second-order valence-corrected chi connectivity index (χ2v) is 6.92. The average Bonchev–Trinajstić information content (AvgIpc) is 3.13. The summed E-state index contributed by atoms with van der Waals surface area (Å²) in [7, 11) is 0. The topological polar surface area (TPSA) is 43.1 Å². The monoisotopic (exact) mass is 312 g/mol. The molecule has 2 aliphatic rings. The molecule has 1 atom stereocenters. The highest BCUT2D eigenvalue weighted by atomic mass is 16.2. The van der Waals surface area contributed by atoms with Gasteiger partial charge in [0.1, 0.15) is 0 Å². The Labute approximate surface area is 136 Å². The third-order valence-corrected chi connectivity index (χ3v) is 5.21. The van der Waals surface area contributed by atoms with Gasteiger partial charge in [-0.2, -0.15) is 5.10 Å². The Bertz CT molecular complexity index is 712. The molecule has 23 heavy (non-hydrogen) atoms. The highest BCUT2D eigenvalue weighted by Crippen LogP contribution is 2.38. The molecule has 1 aliphatic heterocycles. The van der Waals surface area contributed by atoms with Gasteiger partial charge >= 0.3 is 0 Å². The van der Waals surface area contributed by atoms with Crippen LogP contribution >= 0.6 is 0 Å². The van der Waals surface area contributed by atoms with Crippen LogP contribution in [0.25, 0.3) is 0 Å². The highest BCUT2D eigenvalue weighted by molar-refractivity contribution is 5.95. The van der Waals surface area contributed by atoms with Crippen LogP contribution in [-0.2, 0) is 0 Å². The number of likely N-dealkylation sites (tertiary alicyclic amines) is 1. The number of amides is 1. The van der Waals surface area contributed by atoms with E-state index < -0.39 is 0 Å². The Kier molecular flexibility index (Phi) is 3.51. The quantitative estimate of drug-likeness (QED) is 0.874. The second kappa shape index (κ2) is 5.55. The lowest BCUT2D eigenvalue weighted by atomic mass is 10.0. The van der Waals surface area contributed by atoms with Crippen LogP contribution in [0.5, 0.6) is 0 Å². The molecule has 0 spiro atoms. The number of aromatic nitrogens is 3. The number of carbonyl (C=O) groups is 1. The van der Waals surface area contributed by atoms with Crippen molar-refractivity contribution >= 4 is 5.91 Å². The van der Waals surface area contributed by atoms with Crippen molar-refractivity contribution in [3.8, 4) is 0 Å². The number of nitrogens with zero attached hydrogens (tertiary/aromatic N) is 4. The minimum absolute atomic E-state index is 0.182. The van der Waals surface area contributed by atoms with Crippen molar-refractivity contribution in [1.29, 1.82) is 0 Å². The van der Waals surface area contributed by atoms with E-state index in [2.05, 4.69) is 29.6 Å². The molecule has 2 aromatic rings. The fourth-order valence-corrected chi connectivity index (χ4v) is 3.91. The van der Waals surface area contributed by atoms with Crippen molar-refractivity contribution in [3.63, 3.8) is 0 Å². The Morgan fingerprint density at radius 1 is 1.22 bits per heavy atom. The Morgan fingerprint density at radius 3 is 2.74 bits per heavy atom. The smallest absolute Gasteiger partial charge is 0.255 e.